The Hall–Kier alpha value is -0.860. The molecule has 0 bridgehead atoms. The lowest BCUT2D eigenvalue weighted by molar-refractivity contribution is 0.0277. The van der Waals surface area contributed by atoms with Gasteiger partial charge in [-0.1, -0.05) is 38.1 Å². The second-order valence-corrected chi connectivity index (χ2v) is 4.74. The highest BCUT2D eigenvalue weighted by atomic mass is 16.5. The molecule has 0 amide bonds. The summed E-state index contributed by atoms with van der Waals surface area (Å²) in [4.78, 5) is 0. The molecule has 2 heteroatoms. The number of rotatable bonds is 4. The summed E-state index contributed by atoms with van der Waals surface area (Å²) in [7, 11) is 0. The Labute approximate surface area is 104 Å². The minimum Gasteiger partial charge on any atom is -0.371 e. The average molecular weight is 233 g/mol. The molecule has 17 heavy (non-hydrogen) atoms. The van der Waals surface area contributed by atoms with E-state index in [-0.39, 0.29) is 6.10 Å². The van der Waals surface area contributed by atoms with Crippen LogP contribution in [0.3, 0.4) is 0 Å². The van der Waals surface area contributed by atoms with Crippen LogP contribution in [0.15, 0.2) is 24.3 Å². The summed E-state index contributed by atoms with van der Waals surface area (Å²) in [6.45, 7) is 7.25. The zero-order chi connectivity index (χ0) is 12.1. The van der Waals surface area contributed by atoms with E-state index in [4.69, 9.17) is 4.74 Å². The standard InChI is InChI=1S/C15H23NO/c1-3-12(4-2)13-5-7-14(8-6-13)15-11-16-9-10-17-15/h5-8,12,15-16H,3-4,9-11H2,1-2H3. The molecule has 1 aliphatic rings. The van der Waals surface area contributed by atoms with E-state index in [1.54, 1.807) is 0 Å². The molecule has 0 aromatic heterocycles. The number of nitrogens with one attached hydrogen (secondary N) is 1. The average Bonchev–Trinajstić information content (AvgIpc) is 2.42. The molecule has 1 atom stereocenters. The largest absolute Gasteiger partial charge is 0.371 e. The molecular weight excluding hydrogens is 210 g/mol. The van der Waals surface area contributed by atoms with Crippen LogP contribution in [-0.4, -0.2) is 19.7 Å². The Kier molecular flexibility index (Phi) is 4.57. The van der Waals surface area contributed by atoms with Gasteiger partial charge in [-0.2, -0.15) is 0 Å². The van der Waals surface area contributed by atoms with Crippen molar-refractivity contribution < 1.29 is 4.74 Å². The molecule has 1 aromatic rings. The summed E-state index contributed by atoms with van der Waals surface area (Å²) < 4.78 is 5.75. The minimum atomic E-state index is 0.236. The fourth-order valence-electron chi connectivity index (χ4n) is 2.52. The summed E-state index contributed by atoms with van der Waals surface area (Å²) in [5.74, 6) is 0.703. The first kappa shape index (κ1) is 12.6. The highest BCUT2D eigenvalue weighted by Crippen LogP contribution is 2.25. The van der Waals surface area contributed by atoms with Crippen molar-refractivity contribution >= 4 is 0 Å². The molecule has 1 aromatic carbocycles. The van der Waals surface area contributed by atoms with Crippen LogP contribution in [0, 0.1) is 0 Å². The molecule has 1 aliphatic heterocycles. The minimum absolute atomic E-state index is 0.236. The van der Waals surface area contributed by atoms with Gasteiger partial charge in [0.15, 0.2) is 0 Å². The predicted molar refractivity (Wildman–Crippen MR) is 71.3 cm³/mol. The van der Waals surface area contributed by atoms with Crippen LogP contribution in [0.5, 0.6) is 0 Å². The van der Waals surface area contributed by atoms with Gasteiger partial charge in [0.1, 0.15) is 0 Å². The molecule has 0 aliphatic carbocycles. The van der Waals surface area contributed by atoms with Gasteiger partial charge in [0.2, 0.25) is 0 Å². The zero-order valence-corrected chi connectivity index (χ0v) is 10.9. The van der Waals surface area contributed by atoms with Crippen LogP contribution in [0.1, 0.15) is 49.8 Å². The Morgan fingerprint density at radius 1 is 1.24 bits per heavy atom. The summed E-state index contributed by atoms with van der Waals surface area (Å²) in [6.07, 6.45) is 2.67. The van der Waals surface area contributed by atoms with Crippen LogP contribution >= 0.6 is 0 Å². The zero-order valence-electron chi connectivity index (χ0n) is 10.9. The Balaban J connectivity index is 2.06. The van der Waals surface area contributed by atoms with Gasteiger partial charge in [0, 0.05) is 13.1 Å². The second-order valence-electron chi connectivity index (χ2n) is 4.74. The van der Waals surface area contributed by atoms with Crippen molar-refractivity contribution in [2.45, 2.75) is 38.7 Å². The smallest absolute Gasteiger partial charge is 0.0949 e. The lowest BCUT2D eigenvalue weighted by Crippen LogP contribution is -2.33. The summed E-state index contributed by atoms with van der Waals surface area (Å²) in [5, 5.41) is 3.37. The van der Waals surface area contributed by atoms with Crippen molar-refractivity contribution in [3.05, 3.63) is 35.4 Å². The lowest BCUT2D eigenvalue weighted by Gasteiger charge is -2.24. The normalized spacial score (nSPS) is 20.8. The molecule has 0 radical (unpaired) electrons. The van der Waals surface area contributed by atoms with Crippen LogP contribution in [-0.2, 0) is 4.74 Å². The molecule has 2 nitrogen and oxygen atoms in total. The van der Waals surface area contributed by atoms with E-state index in [9.17, 15) is 0 Å². The molecule has 1 unspecified atom stereocenters. The third-order valence-corrected chi connectivity index (χ3v) is 3.69. The second kappa shape index (κ2) is 6.18. The first-order valence-electron chi connectivity index (χ1n) is 6.77. The molecule has 0 saturated carbocycles. The van der Waals surface area contributed by atoms with E-state index in [2.05, 4.69) is 43.4 Å². The number of hydrogen-bond donors (Lipinski definition) is 1. The van der Waals surface area contributed by atoms with Gasteiger partial charge in [-0.25, -0.2) is 0 Å². The fraction of sp³-hybridized carbons (Fsp3) is 0.600. The number of benzene rings is 1. The van der Waals surface area contributed by atoms with Gasteiger partial charge in [0.05, 0.1) is 12.7 Å². The van der Waals surface area contributed by atoms with Gasteiger partial charge in [0.25, 0.3) is 0 Å². The summed E-state index contributed by atoms with van der Waals surface area (Å²) in [5.41, 5.74) is 2.76. The monoisotopic (exact) mass is 233 g/mol. The predicted octanol–water partition coefficient (Wildman–Crippen LogP) is 3.25. The highest BCUT2D eigenvalue weighted by Gasteiger charge is 2.15. The van der Waals surface area contributed by atoms with E-state index >= 15 is 0 Å². The maximum atomic E-state index is 5.75. The molecule has 94 valence electrons. The molecule has 1 N–H and O–H groups in total. The first-order valence-corrected chi connectivity index (χ1v) is 6.77. The fourth-order valence-corrected chi connectivity index (χ4v) is 2.52. The lowest BCUT2D eigenvalue weighted by atomic mass is 9.92. The Morgan fingerprint density at radius 2 is 1.94 bits per heavy atom. The SMILES string of the molecule is CCC(CC)c1ccc(C2CNCCO2)cc1. The molecule has 1 saturated heterocycles. The van der Waals surface area contributed by atoms with Gasteiger partial charge >= 0.3 is 0 Å². The number of morpholine rings is 1. The van der Waals surface area contributed by atoms with E-state index in [0.717, 1.165) is 19.7 Å². The van der Waals surface area contributed by atoms with Crippen LogP contribution in [0.2, 0.25) is 0 Å². The van der Waals surface area contributed by atoms with Crippen molar-refractivity contribution in [1.29, 1.82) is 0 Å². The van der Waals surface area contributed by atoms with Crippen LogP contribution in [0.25, 0.3) is 0 Å². The van der Waals surface area contributed by atoms with Crippen molar-refractivity contribution in [1.82, 2.24) is 5.32 Å². The van der Waals surface area contributed by atoms with Crippen molar-refractivity contribution in [2.24, 2.45) is 0 Å². The maximum absolute atomic E-state index is 5.75. The molecule has 1 fully saturated rings. The van der Waals surface area contributed by atoms with Gasteiger partial charge < -0.3 is 10.1 Å². The third kappa shape index (κ3) is 3.08. The van der Waals surface area contributed by atoms with Crippen molar-refractivity contribution in [2.75, 3.05) is 19.7 Å². The van der Waals surface area contributed by atoms with Crippen molar-refractivity contribution in [3.8, 4) is 0 Å². The van der Waals surface area contributed by atoms with Crippen LogP contribution < -0.4 is 5.32 Å². The van der Waals surface area contributed by atoms with Gasteiger partial charge in [-0.05, 0) is 29.9 Å². The molecule has 1 heterocycles. The number of ether oxygens (including phenoxy) is 1. The molecular formula is C15H23NO. The first-order chi connectivity index (χ1) is 8.35. The summed E-state index contributed by atoms with van der Waals surface area (Å²) in [6, 6.07) is 8.99. The van der Waals surface area contributed by atoms with E-state index in [0.29, 0.717) is 5.92 Å². The van der Waals surface area contributed by atoms with E-state index < -0.39 is 0 Å². The Morgan fingerprint density at radius 3 is 2.47 bits per heavy atom. The van der Waals surface area contributed by atoms with Crippen LogP contribution in [0.4, 0.5) is 0 Å². The third-order valence-electron chi connectivity index (χ3n) is 3.69. The summed E-state index contributed by atoms with van der Waals surface area (Å²) >= 11 is 0. The maximum Gasteiger partial charge on any atom is 0.0949 e. The van der Waals surface area contributed by atoms with E-state index in [1.165, 1.54) is 24.0 Å². The van der Waals surface area contributed by atoms with Gasteiger partial charge in [-0.15, -0.1) is 0 Å². The van der Waals surface area contributed by atoms with E-state index in [1.807, 2.05) is 0 Å². The van der Waals surface area contributed by atoms with Gasteiger partial charge in [-0.3, -0.25) is 0 Å². The molecule has 2 rings (SSSR count). The van der Waals surface area contributed by atoms with Crippen molar-refractivity contribution in [3.63, 3.8) is 0 Å². The Bertz CT molecular complexity index is 323. The quantitative estimate of drug-likeness (QED) is 0.862. The number of hydrogen-bond acceptors (Lipinski definition) is 2. The molecule has 0 spiro atoms. The topological polar surface area (TPSA) is 21.3 Å². The highest BCUT2D eigenvalue weighted by molar-refractivity contribution is 5.27.